The highest BCUT2D eigenvalue weighted by atomic mass is 16.6. The van der Waals surface area contributed by atoms with E-state index in [9.17, 15) is 19.2 Å². The lowest BCUT2D eigenvalue weighted by atomic mass is 10.1. The fourth-order valence-corrected chi connectivity index (χ4v) is 6.11. The average molecular weight is 769 g/mol. The highest BCUT2D eigenvalue weighted by molar-refractivity contribution is 5.92. The summed E-state index contributed by atoms with van der Waals surface area (Å²) in [5.74, 6) is 2.02. The summed E-state index contributed by atoms with van der Waals surface area (Å²) in [5, 5.41) is 0. The van der Waals surface area contributed by atoms with Gasteiger partial charge in [-0.3, -0.25) is 19.4 Å². The van der Waals surface area contributed by atoms with Crippen LogP contribution in [-0.2, 0) is 45.2 Å². The summed E-state index contributed by atoms with van der Waals surface area (Å²) in [6.45, 7) is 0.433. The van der Waals surface area contributed by atoms with Crippen molar-refractivity contribution in [2.75, 3.05) is 67.8 Å². The number of amides is 4. The predicted molar refractivity (Wildman–Crippen MR) is 206 cm³/mol. The summed E-state index contributed by atoms with van der Waals surface area (Å²) in [6.07, 6.45) is -1.16. The molecule has 4 aromatic carbocycles. The quantitative estimate of drug-likeness (QED) is 0.130. The van der Waals surface area contributed by atoms with Gasteiger partial charge in [0.2, 0.25) is 11.8 Å². The number of hydrogen-bond acceptors (Lipinski definition) is 10. The van der Waals surface area contributed by atoms with Gasteiger partial charge in [0.05, 0.1) is 54.6 Å². The molecule has 1 heterocycles. The summed E-state index contributed by atoms with van der Waals surface area (Å²) in [7, 11) is 6.31. The van der Waals surface area contributed by atoms with Gasteiger partial charge in [-0.05, 0) is 70.8 Å². The minimum Gasteiger partial charge on any atom is -0.497 e. The molecular weight excluding hydrogens is 720 g/mol. The van der Waals surface area contributed by atoms with E-state index in [4.69, 9.17) is 28.4 Å². The van der Waals surface area contributed by atoms with Crippen LogP contribution in [0, 0.1) is 0 Å². The summed E-state index contributed by atoms with van der Waals surface area (Å²) in [5.41, 5.74) is 3.36. The SMILES string of the molecule is COc1cccc(CN(Cc2cccc(OC)c2)C(=O)OCCN2CC(=O)N(CCOC(=O)N(Cc3cccc(OC)c3)Cc3cccc(OC)c3)CC2=O)c1. The van der Waals surface area contributed by atoms with Gasteiger partial charge in [0, 0.05) is 26.2 Å². The lowest BCUT2D eigenvalue weighted by Gasteiger charge is -2.34. The maximum atomic E-state index is 13.4. The molecule has 296 valence electrons. The van der Waals surface area contributed by atoms with Crippen molar-refractivity contribution in [3.8, 4) is 23.0 Å². The number of carbonyl (C=O) groups is 4. The van der Waals surface area contributed by atoms with Gasteiger partial charge >= 0.3 is 12.2 Å². The third-order valence-corrected chi connectivity index (χ3v) is 9.08. The van der Waals surface area contributed by atoms with Crippen molar-refractivity contribution < 1.29 is 47.6 Å². The smallest absolute Gasteiger partial charge is 0.410 e. The van der Waals surface area contributed by atoms with Gasteiger partial charge in [0.25, 0.3) is 0 Å². The van der Waals surface area contributed by atoms with Gasteiger partial charge in [0.1, 0.15) is 36.2 Å². The molecule has 0 aromatic heterocycles. The molecule has 0 N–H and O–H groups in total. The molecule has 56 heavy (non-hydrogen) atoms. The van der Waals surface area contributed by atoms with E-state index in [1.165, 1.54) is 9.80 Å². The van der Waals surface area contributed by atoms with Crippen molar-refractivity contribution >= 4 is 24.0 Å². The molecule has 5 rings (SSSR count). The number of piperazine rings is 1. The number of nitrogens with zero attached hydrogens (tertiary/aromatic N) is 4. The second-order valence-corrected chi connectivity index (χ2v) is 13.0. The standard InChI is InChI=1S/C42H48N4O10/c1-51-35-13-5-9-31(21-35)25-45(26-32-10-6-14-36(22-32)52-2)41(49)55-19-17-43-29-40(48)44(30-39(43)47)18-20-56-42(50)46(27-33-11-7-15-37(23-33)53-3)28-34-12-8-16-38(24-34)54-4/h5-16,21-24H,17-20,25-30H2,1-4H3. The number of ether oxygens (including phenoxy) is 6. The normalized spacial score (nSPS) is 12.5. The van der Waals surface area contributed by atoms with Crippen molar-refractivity contribution in [1.82, 2.24) is 19.6 Å². The molecular formula is C42H48N4O10. The molecule has 14 nitrogen and oxygen atoms in total. The van der Waals surface area contributed by atoms with E-state index in [-0.39, 0.29) is 77.4 Å². The maximum absolute atomic E-state index is 13.4. The average Bonchev–Trinajstić information content (AvgIpc) is 3.22. The van der Waals surface area contributed by atoms with E-state index in [1.54, 1.807) is 38.2 Å². The molecule has 14 heteroatoms. The first-order valence-corrected chi connectivity index (χ1v) is 18.1. The predicted octanol–water partition coefficient (Wildman–Crippen LogP) is 5.37. The van der Waals surface area contributed by atoms with E-state index in [0.717, 1.165) is 22.3 Å². The topological polar surface area (TPSA) is 137 Å². The Morgan fingerprint density at radius 1 is 0.500 bits per heavy atom. The first-order valence-electron chi connectivity index (χ1n) is 18.1. The molecule has 1 saturated heterocycles. The fraction of sp³-hybridized carbons (Fsp3) is 0.333. The Labute approximate surface area is 327 Å². The minimum absolute atomic E-state index is 0.0365. The van der Waals surface area contributed by atoms with Crippen LogP contribution in [0.15, 0.2) is 97.1 Å². The van der Waals surface area contributed by atoms with Gasteiger partial charge in [0.15, 0.2) is 0 Å². The highest BCUT2D eigenvalue weighted by Crippen LogP contribution is 2.21. The molecule has 0 unspecified atom stereocenters. The Kier molecular flexibility index (Phi) is 14.8. The van der Waals surface area contributed by atoms with Gasteiger partial charge in [-0.15, -0.1) is 0 Å². The van der Waals surface area contributed by atoms with Crippen LogP contribution >= 0.6 is 0 Å². The van der Waals surface area contributed by atoms with E-state index >= 15 is 0 Å². The van der Waals surface area contributed by atoms with Crippen LogP contribution in [0.2, 0.25) is 0 Å². The lowest BCUT2D eigenvalue weighted by molar-refractivity contribution is -0.150. The van der Waals surface area contributed by atoms with Crippen LogP contribution in [0.1, 0.15) is 22.3 Å². The van der Waals surface area contributed by atoms with Crippen LogP contribution in [0.25, 0.3) is 0 Å². The van der Waals surface area contributed by atoms with Crippen molar-refractivity contribution in [3.63, 3.8) is 0 Å². The molecule has 1 aliphatic heterocycles. The third-order valence-electron chi connectivity index (χ3n) is 9.08. The molecule has 0 spiro atoms. The first kappa shape index (κ1) is 40.7. The van der Waals surface area contributed by atoms with E-state index < -0.39 is 12.2 Å². The second-order valence-electron chi connectivity index (χ2n) is 13.0. The third kappa shape index (κ3) is 11.8. The van der Waals surface area contributed by atoms with E-state index in [1.807, 2.05) is 97.1 Å². The van der Waals surface area contributed by atoms with E-state index in [2.05, 4.69) is 0 Å². The van der Waals surface area contributed by atoms with Gasteiger partial charge in [-0.1, -0.05) is 48.5 Å². The Hall–Kier alpha value is -6.44. The molecule has 1 fully saturated rings. The molecule has 0 bridgehead atoms. The monoisotopic (exact) mass is 768 g/mol. The zero-order valence-corrected chi connectivity index (χ0v) is 32.2. The van der Waals surface area contributed by atoms with Crippen molar-refractivity contribution in [2.24, 2.45) is 0 Å². The minimum atomic E-state index is -0.582. The molecule has 1 aliphatic rings. The molecule has 0 atom stereocenters. The summed E-state index contributed by atoms with van der Waals surface area (Å²) < 4.78 is 32.6. The Balaban J connectivity index is 1.13. The molecule has 4 aromatic rings. The number of benzene rings is 4. The second kappa shape index (κ2) is 20.3. The molecule has 0 radical (unpaired) electrons. The van der Waals surface area contributed by atoms with Crippen LogP contribution in [-0.4, -0.2) is 111 Å². The van der Waals surface area contributed by atoms with Crippen molar-refractivity contribution in [2.45, 2.75) is 26.2 Å². The Morgan fingerprint density at radius 2 is 0.786 bits per heavy atom. The Morgan fingerprint density at radius 3 is 1.05 bits per heavy atom. The number of carbonyl (C=O) groups excluding carboxylic acids is 4. The van der Waals surface area contributed by atoms with E-state index in [0.29, 0.717) is 23.0 Å². The molecule has 0 saturated carbocycles. The summed E-state index contributed by atoms with van der Waals surface area (Å²) in [4.78, 5) is 58.8. The first-order chi connectivity index (χ1) is 27.2. The zero-order valence-electron chi connectivity index (χ0n) is 32.2. The zero-order chi connectivity index (χ0) is 39.9. The van der Waals surface area contributed by atoms with Crippen molar-refractivity contribution in [3.05, 3.63) is 119 Å². The van der Waals surface area contributed by atoms with Crippen molar-refractivity contribution in [1.29, 1.82) is 0 Å². The molecule has 4 amide bonds. The van der Waals surface area contributed by atoms with Gasteiger partial charge in [-0.25, -0.2) is 9.59 Å². The lowest BCUT2D eigenvalue weighted by Crippen LogP contribution is -2.55. The van der Waals surface area contributed by atoms with Gasteiger partial charge < -0.3 is 38.2 Å². The van der Waals surface area contributed by atoms with Crippen LogP contribution in [0.5, 0.6) is 23.0 Å². The summed E-state index contributed by atoms with van der Waals surface area (Å²) in [6, 6.07) is 29.6. The number of hydrogen-bond donors (Lipinski definition) is 0. The summed E-state index contributed by atoms with van der Waals surface area (Å²) >= 11 is 0. The van der Waals surface area contributed by atoms with Crippen LogP contribution in [0.3, 0.4) is 0 Å². The Bertz CT molecular complexity index is 1720. The largest absolute Gasteiger partial charge is 0.497 e. The number of rotatable bonds is 18. The fourth-order valence-electron chi connectivity index (χ4n) is 6.11. The molecule has 0 aliphatic carbocycles. The van der Waals surface area contributed by atoms with Crippen LogP contribution < -0.4 is 18.9 Å². The van der Waals surface area contributed by atoms with Crippen LogP contribution in [0.4, 0.5) is 9.59 Å². The number of methoxy groups -OCH3 is 4. The van der Waals surface area contributed by atoms with Gasteiger partial charge in [-0.2, -0.15) is 0 Å². The maximum Gasteiger partial charge on any atom is 0.410 e. The highest BCUT2D eigenvalue weighted by Gasteiger charge is 2.30.